The number of halogens is 3. The van der Waals surface area contributed by atoms with Crippen molar-refractivity contribution in [1.82, 2.24) is 24.9 Å². The van der Waals surface area contributed by atoms with Gasteiger partial charge in [-0.1, -0.05) is 59.1 Å². The van der Waals surface area contributed by atoms with Gasteiger partial charge in [0.1, 0.15) is 0 Å². The number of nitrogens with one attached hydrogen (secondary N) is 1. The molecule has 8 nitrogen and oxygen atoms in total. The average molecular weight is 749 g/mol. The van der Waals surface area contributed by atoms with Crippen LogP contribution >= 0.6 is 34.8 Å². The first-order chi connectivity index (χ1) is 25.2. The first kappa shape index (κ1) is 35.5. The first-order valence-corrected chi connectivity index (χ1v) is 18.1. The van der Waals surface area contributed by atoms with Gasteiger partial charge < -0.3 is 15.0 Å². The number of hydrogen-bond donors (Lipinski definition) is 1. The Morgan fingerprint density at radius 1 is 0.673 bits per heavy atom. The van der Waals surface area contributed by atoms with Gasteiger partial charge in [-0.3, -0.25) is 15.0 Å². The molecule has 0 amide bonds. The maximum Gasteiger partial charge on any atom is 0.0944 e. The molecule has 1 N–H and O–H groups in total. The Hall–Kier alpha value is -4.86. The molecule has 0 saturated carbocycles. The number of para-hydroxylation sites is 2. The van der Waals surface area contributed by atoms with Crippen molar-refractivity contribution >= 4 is 73.7 Å². The van der Waals surface area contributed by atoms with E-state index in [9.17, 15) is 0 Å². The number of fused-ring (bicyclic) bond motifs is 2. The second-order valence-corrected chi connectivity index (χ2v) is 13.9. The van der Waals surface area contributed by atoms with Crippen LogP contribution in [0.5, 0.6) is 0 Å². The summed E-state index contributed by atoms with van der Waals surface area (Å²) in [4.78, 5) is 25.3. The van der Waals surface area contributed by atoms with Crippen LogP contribution in [0, 0.1) is 27.7 Å². The SMILES string of the molecule is Cc1ccnc(-c2nc3c(Cl)cccc3c(Cl)c2C)c1.Cc1ccnc(-c2nc3c(Cl)cccc3c(Nc3cncc(N4CCOCC4)c3)c2C)c1. The number of aromatic nitrogens is 5. The molecule has 1 fully saturated rings. The molecule has 0 unspecified atom stereocenters. The maximum atomic E-state index is 6.56. The van der Waals surface area contributed by atoms with Gasteiger partial charge in [0.25, 0.3) is 0 Å². The van der Waals surface area contributed by atoms with Crippen molar-refractivity contribution in [3.05, 3.63) is 129 Å². The van der Waals surface area contributed by atoms with Crippen LogP contribution in [-0.4, -0.2) is 51.2 Å². The zero-order valence-corrected chi connectivity index (χ0v) is 31.5. The Kier molecular flexibility index (Phi) is 10.5. The fourth-order valence-corrected chi connectivity index (χ4v) is 6.96. The molecule has 0 atom stereocenters. The summed E-state index contributed by atoms with van der Waals surface area (Å²) >= 11 is 19.3. The molecule has 7 aromatic rings. The normalized spacial score (nSPS) is 12.9. The standard InChI is InChI=1S/C25H24ClN5O.C16H12Cl2N2/c1-16-6-7-28-22(12-16)24-17(2)23(20-4-3-5-21(26)25(20)30-24)29-18-13-19(15-27-14-18)31-8-10-32-11-9-31;1-9-6-7-19-13(8-9)15-10(2)14(18)11-4-3-5-12(17)16(11)20-15/h3-7,12-15H,8-11H2,1-2H3,(H,29,30);3-8H,1-2H3. The van der Waals surface area contributed by atoms with Gasteiger partial charge in [0.15, 0.2) is 0 Å². The molecule has 0 radical (unpaired) electrons. The van der Waals surface area contributed by atoms with E-state index < -0.39 is 0 Å². The lowest BCUT2D eigenvalue weighted by Crippen LogP contribution is -2.36. The highest BCUT2D eigenvalue weighted by molar-refractivity contribution is 6.40. The van der Waals surface area contributed by atoms with Crippen molar-refractivity contribution in [3.63, 3.8) is 0 Å². The summed E-state index contributed by atoms with van der Waals surface area (Å²) in [5, 5.41) is 7.31. The largest absolute Gasteiger partial charge is 0.378 e. The monoisotopic (exact) mass is 747 g/mol. The Bertz CT molecular complexity index is 2430. The smallest absolute Gasteiger partial charge is 0.0944 e. The fourth-order valence-electron chi connectivity index (χ4n) is 6.28. The molecule has 262 valence electrons. The molecule has 1 aliphatic heterocycles. The van der Waals surface area contributed by atoms with E-state index in [2.05, 4.69) is 50.1 Å². The van der Waals surface area contributed by atoms with Gasteiger partial charge in [0.05, 0.1) is 91.5 Å². The molecular weight excluding hydrogens is 713 g/mol. The van der Waals surface area contributed by atoms with Gasteiger partial charge in [-0.25, -0.2) is 9.97 Å². The molecule has 8 rings (SSSR count). The van der Waals surface area contributed by atoms with Gasteiger partial charge in [0, 0.05) is 41.8 Å². The quantitative estimate of drug-likeness (QED) is 0.186. The second-order valence-electron chi connectivity index (χ2n) is 12.7. The predicted octanol–water partition coefficient (Wildman–Crippen LogP) is 10.8. The van der Waals surface area contributed by atoms with Crippen LogP contribution in [0.4, 0.5) is 17.1 Å². The third-order valence-electron chi connectivity index (χ3n) is 9.03. The van der Waals surface area contributed by atoms with E-state index in [0.717, 1.165) is 105 Å². The highest BCUT2D eigenvalue weighted by atomic mass is 35.5. The topological polar surface area (TPSA) is 89.0 Å². The van der Waals surface area contributed by atoms with Crippen LogP contribution in [0.2, 0.25) is 15.1 Å². The molecule has 5 aromatic heterocycles. The van der Waals surface area contributed by atoms with E-state index in [-0.39, 0.29) is 0 Å². The van der Waals surface area contributed by atoms with Gasteiger partial charge >= 0.3 is 0 Å². The minimum Gasteiger partial charge on any atom is -0.378 e. The van der Waals surface area contributed by atoms with E-state index in [1.165, 1.54) is 0 Å². The molecule has 0 spiro atoms. The fraction of sp³-hybridized carbons (Fsp3) is 0.195. The third-order valence-corrected chi connectivity index (χ3v) is 10.1. The molecule has 11 heteroatoms. The average Bonchev–Trinajstić information content (AvgIpc) is 3.15. The minimum atomic E-state index is 0.596. The first-order valence-electron chi connectivity index (χ1n) is 16.9. The molecule has 2 aromatic carbocycles. The number of hydrogen-bond acceptors (Lipinski definition) is 8. The maximum absolute atomic E-state index is 6.56. The van der Waals surface area contributed by atoms with Crippen molar-refractivity contribution in [2.75, 3.05) is 36.5 Å². The molecule has 1 saturated heterocycles. The molecule has 52 heavy (non-hydrogen) atoms. The van der Waals surface area contributed by atoms with E-state index in [4.69, 9.17) is 44.5 Å². The minimum absolute atomic E-state index is 0.596. The molecular formula is C41H36Cl3N7O. The van der Waals surface area contributed by atoms with Crippen LogP contribution < -0.4 is 10.2 Å². The van der Waals surface area contributed by atoms with Crippen molar-refractivity contribution in [2.45, 2.75) is 27.7 Å². The van der Waals surface area contributed by atoms with E-state index in [1.54, 1.807) is 6.20 Å². The van der Waals surface area contributed by atoms with E-state index in [0.29, 0.717) is 20.6 Å². The summed E-state index contributed by atoms with van der Waals surface area (Å²) in [5.41, 5.74) is 11.8. The van der Waals surface area contributed by atoms with E-state index >= 15 is 0 Å². The number of ether oxygens (including phenoxy) is 1. The number of benzene rings is 2. The highest BCUT2D eigenvalue weighted by Gasteiger charge is 2.18. The summed E-state index contributed by atoms with van der Waals surface area (Å²) in [6, 6.07) is 21.6. The third kappa shape index (κ3) is 7.38. The van der Waals surface area contributed by atoms with Crippen LogP contribution in [0.1, 0.15) is 22.3 Å². The lowest BCUT2D eigenvalue weighted by atomic mass is 10.0. The Labute approximate surface area is 317 Å². The lowest BCUT2D eigenvalue weighted by molar-refractivity contribution is 0.122. The summed E-state index contributed by atoms with van der Waals surface area (Å²) in [6.07, 6.45) is 7.32. The predicted molar refractivity (Wildman–Crippen MR) is 214 cm³/mol. The number of pyridine rings is 5. The zero-order chi connectivity index (χ0) is 36.4. The summed E-state index contributed by atoms with van der Waals surface area (Å²) in [5.74, 6) is 0. The zero-order valence-electron chi connectivity index (χ0n) is 29.2. The van der Waals surface area contributed by atoms with Crippen molar-refractivity contribution in [3.8, 4) is 22.8 Å². The van der Waals surface area contributed by atoms with Crippen molar-refractivity contribution in [1.29, 1.82) is 0 Å². The summed E-state index contributed by atoms with van der Waals surface area (Å²) in [7, 11) is 0. The Balaban J connectivity index is 0.000000180. The summed E-state index contributed by atoms with van der Waals surface area (Å²) in [6.45, 7) is 11.3. The van der Waals surface area contributed by atoms with Crippen LogP contribution in [0.3, 0.4) is 0 Å². The van der Waals surface area contributed by atoms with Crippen LogP contribution in [-0.2, 0) is 4.74 Å². The Morgan fingerprint density at radius 2 is 1.25 bits per heavy atom. The Morgan fingerprint density at radius 3 is 1.87 bits per heavy atom. The van der Waals surface area contributed by atoms with Gasteiger partial charge in [-0.05, 0) is 86.8 Å². The lowest BCUT2D eigenvalue weighted by Gasteiger charge is -2.28. The van der Waals surface area contributed by atoms with Gasteiger partial charge in [-0.15, -0.1) is 0 Å². The van der Waals surface area contributed by atoms with Crippen LogP contribution in [0.25, 0.3) is 44.6 Å². The van der Waals surface area contributed by atoms with Gasteiger partial charge in [0.2, 0.25) is 0 Å². The summed E-state index contributed by atoms with van der Waals surface area (Å²) < 4.78 is 5.48. The second kappa shape index (κ2) is 15.4. The van der Waals surface area contributed by atoms with E-state index in [1.807, 2.05) is 93.1 Å². The number of rotatable bonds is 5. The van der Waals surface area contributed by atoms with Crippen LogP contribution in [0.15, 0.2) is 91.5 Å². The number of anilines is 3. The highest BCUT2D eigenvalue weighted by Crippen LogP contribution is 2.38. The van der Waals surface area contributed by atoms with Crippen molar-refractivity contribution in [2.24, 2.45) is 0 Å². The molecule has 0 aliphatic carbocycles. The van der Waals surface area contributed by atoms with Crippen molar-refractivity contribution < 1.29 is 4.74 Å². The molecule has 1 aliphatic rings. The number of aryl methyl sites for hydroxylation is 2. The van der Waals surface area contributed by atoms with Gasteiger partial charge in [-0.2, -0.15) is 0 Å². The molecule has 6 heterocycles. The number of nitrogens with zero attached hydrogens (tertiary/aromatic N) is 6. The molecule has 0 bridgehead atoms. The number of morpholine rings is 1.